The smallest absolute Gasteiger partial charge is 0.309 e. The van der Waals surface area contributed by atoms with Gasteiger partial charge in [0.25, 0.3) is 5.91 Å². The van der Waals surface area contributed by atoms with E-state index in [0.29, 0.717) is 23.0 Å². The Labute approximate surface area is 134 Å². The summed E-state index contributed by atoms with van der Waals surface area (Å²) < 4.78 is 10.1. The molecule has 23 heavy (non-hydrogen) atoms. The molecule has 1 aliphatic rings. The molecular weight excluding hydrogens is 300 g/mol. The van der Waals surface area contributed by atoms with Gasteiger partial charge in [-0.2, -0.15) is 0 Å². The van der Waals surface area contributed by atoms with E-state index in [4.69, 9.17) is 9.47 Å². The lowest BCUT2D eigenvalue weighted by atomic mass is 10.2. The van der Waals surface area contributed by atoms with E-state index in [2.05, 4.69) is 10.6 Å². The standard InChI is InChI=1S/C16H20N2O5/c1-9-6-12(9)16(21)23-8-15(20)18-13-7-11(17-10(2)19)4-5-14(13)22-3/h4-5,7,9,12H,6,8H2,1-3H3,(H,17,19)(H,18,20)/t9-,12-/m0/s1. The molecule has 7 nitrogen and oxygen atoms in total. The van der Waals surface area contributed by atoms with Crippen LogP contribution in [0.5, 0.6) is 5.75 Å². The molecule has 0 saturated heterocycles. The molecule has 0 radical (unpaired) electrons. The number of esters is 1. The lowest BCUT2D eigenvalue weighted by Crippen LogP contribution is -2.22. The van der Waals surface area contributed by atoms with Crippen LogP contribution in [0.4, 0.5) is 11.4 Å². The highest BCUT2D eigenvalue weighted by Crippen LogP contribution is 2.38. The first-order chi connectivity index (χ1) is 10.9. The van der Waals surface area contributed by atoms with Crippen LogP contribution in [0.1, 0.15) is 20.3 Å². The van der Waals surface area contributed by atoms with Crippen molar-refractivity contribution in [3.63, 3.8) is 0 Å². The Balaban J connectivity index is 1.95. The number of benzene rings is 1. The second kappa shape index (κ2) is 7.13. The number of ether oxygens (including phenoxy) is 2. The normalized spacial score (nSPS) is 18.7. The van der Waals surface area contributed by atoms with Gasteiger partial charge in [-0.3, -0.25) is 14.4 Å². The molecule has 7 heteroatoms. The summed E-state index contributed by atoms with van der Waals surface area (Å²) in [5.41, 5.74) is 0.914. The van der Waals surface area contributed by atoms with Gasteiger partial charge in [0.1, 0.15) is 5.75 Å². The lowest BCUT2D eigenvalue weighted by Gasteiger charge is -2.12. The Bertz CT molecular complexity index is 629. The van der Waals surface area contributed by atoms with E-state index in [1.54, 1.807) is 18.2 Å². The minimum Gasteiger partial charge on any atom is -0.495 e. The molecule has 1 saturated carbocycles. The Kier molecular flexibility index (Phi) is 5.20. The number of carbonyl (C=O) groups is 3. The second-order valence-electron chi connectivity index (χ2n) is 5.57. The van der Waals surface area contributed by atoms with E-state index in [9.17, 15) is 14.4 Å². The van der Waals surface area contributed by atoms with E-state index in [1.165, 1.54) is 14.0 Å². The van der Waals surface area contributed by atoms with Crippen molar-refractivity contribution in [3.8, 4) is 5.75 Å². The molecule has 1 aliphatic carbocycles. The molecular formula is C16H20N2O5. The van der Waals surface area contributed by atoms with Gasteiger partial charge in [0.05, 0.1) is 18.7 Å². The Morgan fingerprint density at radius 3 is 2.52 bits per heavy atom. The number of carbonyl (C=O) groups excluding carboxylic acids is 3. The molecule has 0 unspecified atom stereocenters. The van der Waals surface area contributed by atoms with Crippen molar-refractivity contribution in [2.24, 2.45) is 11.8 Å². The van der Waals surface area contributed by atoms with E-state index < -0.39 is 5.91 Å². The van der Waals surface area contributed by atoms with Crippen molar-refractivity contribution in [1.82, 2.24) is 0 Å². The predicted molar refractivity (Wildman–Crippen MR) is 84.2 cm³/mol. The highest BCUT2D eigenvalue weighted by Gasteiger charge is 2.40. The number of anilines is 2. The molecule has 0 aromatic heterocycles. The summed E-state index contributed by atoms with van der Waals surface area (Å²) >= 11 is 0. The topological polar surface area (TPSA) is 93.7 Å². The van der Waals surface area contributed by atoms with Crippen molar-refractivity contribution in [3.05, 3.63) is 18.2 Å². The van der Waals surface area contributed by atoms with Gasteiger partial charge in [-0.1, -0.05) is 6.92 Å². The minimum atomic E-state index is -0.468. The van der Waals surface area contributed by atoms with Crippen LogP contribution in [-0.4, -0.2) is 31.5 Å². The van der Waals surface area contributed by atoms with Crippen LogP contribution in [0.15, 0.2) is 18.2 Å². The lowest BCUT2D eigenvalue weighted by molar-refractivity contribution is -0.148. The molecule has 0 heterocycles. The summed E-state index contributed by atoms with van der Waals surface area (Å²) in [6.45, 7) is 3.00. The second-order valence-corrected chi connectivity index (χ2v) is 5.57. The maximum Gasteiger partial charge on any atom is 0.309 e. The maximum atomic E-state index is 11.9. The van der Waals surface area contributed by atoms with Crippen molar-refractivity contribution in [2.45, 2.75) is 20.3 Å². The van der Waals surface area contributed by atoms with Crippen LogP contribution >= 0.6 is 0 Å². The van der Waals surface area contributed by atoms with Crippen molar-refractivity contribution in [1.29, 1.82) is 0 Å². The van der Waals surface area contributed by atoms with Crippen LogP contribution in [0.3, 0.4) is 0 Å². The number of hydrogen-bond acceptors (Lipinski definition) is 5. The van der Waals surface area contributed by atoms with Gasteiger partial charge >= 0.3 is 5.97 Å². The summed E-state index contributed by atoms with van der Waals surface area (Å²) in [7, 11) is 1.47. The zero-order valence-corrected chi connectivity index (χ0v) is 13.3. The van der Waals surface area contributed by atoms with E-state index in [1.807, 2.05) is 6.92 Å². The number of rotatable bonds is 6. The average molecular weight is 320 g/mol. The largest absolute Gasteiger partial charge is 0.495 e. The monoisotopic (exact) mass is 320 g/mol. The zero-order chi connectivity index (χ0) is 17.0. The zero-order valence-electron chi connectivity index (χ0n) is 13.3. The van der Waals surface area contributed by atoms with E-state index >= 15 is 0 Å². The number of methoxy groups -OCH3 is 1. The third-order valence-electron chi connectivity index (χ3n) is 3.55. The highest BCUT2D eigenvalue weighted by atomic mass is 16.5. The van der Waals surface area contributed by atoms with Crippen molar-refractivity contribution >= 4 is 29.2 Å². The minimum absolute atomic E-state index is 0.0829. The molecule has 2 amide bonds. The highest BCUT2D eigenvalue weighted by molar-refractivity contribution is 5.96. The van der Waals surface area contributed by atoms with Crippen LogP contribution < -0.4 is 15.4 Å². The van der Waals surface area contributed by atoms with E-state index in [-0.39, 0.29) is 24.4 Å². The quantitative estimate of drug-likeness (QED) is 0.779. The van der Waals surface area contributed by atoms with Crippen LogP contribution in [0, 0.1) is 11.8 Å². The van der Waals surface area contributed by atoms with Gasteiger partial charge in [-0.05, 0) is 30.5 Å². The average Bonchev–Trinajstić information content (AvgIpc) is 3.21. The molecule has 1 aromatic carbocycles. The third-order valence-corrected chi connectivity index (χ3v) is 3.55. The molecule has 2 rings (SSSR count). The summed E-state index contributed by atoms with van der Waals surface area (Å²) in [4.78, 5) is 34.6. The van der Waals surface area contributed by atoms with Crippen LogP contribution in [0.2, 0.25) is 0 Å². The SMILES string of the molecule is COc1ccc(NC(C)=O)cc1NC(=O)COC(=O)[C@H]1C[C@@H]1C. The van der Waals surface area contributed by atoms with Crippen molar-refractivity contribution in [2.75, 3.05) is 24.4 Å². The maximum absolute atomic E-state index is 11.9. The molecule has 1 fully saturated rings. The predicted octanol–water partition coefficient (Wildman–Crippen LogP) is 1.79. The van der Waals surface area contributed by atoms with Gasteiger partial charge in [-0.15, -0.1) is 0 Å². The Morgan fingerprint density at radius 1 is 1.26 bits per heavy atom. The first kappa shape index (κ1) is 16.8. The fourth-order valence-corrected chi connectivity index (χ4v) is 2.17. The number of amides is 2. The van der Waals surface area contributed by atoms with E-state index in [0.717, 1.165) is 6.42 Å². The molecule has 2 atom stereocenters. The fraction of sp³-hybridized carbons (Fsp3) is 0.438. The third kappa shape index (κ3) is 4.70. The van der Waals surface area contributed by atoms with Crippen LogP contribution in [0.25, 0.3) is 0 Å². The molecule has 2 N–H and O–H groups in total. The first-order valence-electron chi connectivity index (χ1n) is 7.32. The molecule has 124 valence electrons. The van der Waals surface area contributed by atoms with Gasteiger partial charge in [0.15, 0.2) is 6.61 Å². The van der Waals surface area contributed by atoms with Crippen LogP contribution in [-0.2, 0) is 19.1 Å². The number of nitrogens with one attached hydrogen (secondary N) is 2. The fourth-order valence-electron chi connectivity index (χ4n) is 2.17. The first-order valence-corrected chi connectivity index (χ1v) is 7.32. The van der Waals surface area contributed by atoms with Gasteiger partial charge in [0.2, 0.25) is 5.91 Å². The summed E-state index contributed by atoms with van der Waals surface area (Å²) in [6, 6.07) is 4.85. The van der Waals surface area contributed by atoms with Gasteiger partial charge in [0, 0.05) is 12.6 Å². The molecule has 0 spiro atoms. The molecule has 0 bridgehead atoms. The Hall–Kier alpha value is -2.57. The number of hydrogen-bond donors (Lipinski definition) is 2. The summed E-state index contributed by atoms with van der Waals surface area (Å²) in [6.07, 6.45) is 0.813. The summed E-state index contributed by atoms with van der Waals surface area (Å²) in [5, 5.41) is 5.23. The van der Waals surface area contributed by atoms with Gasteiger partial charge < -0.3 is 20.1 Å². The summed E-state index contributed by atoms with van der Waals surface area (Å²) in [5.74, 6) is -0.341. The molecule has 0 aliphatic heterocycles. The van der Waals surface area contributed by atoms with Gasteiger partial charge in [-0.25, -0.2) is 0 Å². The Morgan fingerprint density at radius 2 is 1.96 bits per heavy atom. The molecule has 1 aromatic rings. The van der Waals surface area contributed by atoms with Crippen molar-refractivity contribution < 1.29 is 23.9 Å².